The average Bonchev–Trinajstić information content (AvgIpc) is 2.80. The first kappa shape index (κ1) is 22.3. The first-order chi connectivity index (χ1) is 15.8. The Hall–Kier alpha value is -3.94. The summed E-state index contributed by atoms with van der Waals surface area (Å²) in [4.78, 5) is 57.8. The molecule has 4 rings (SSSR count). The molecule has 0 saturated carbocycles. The number of rotatable bonds is 5. The number of nitrogens with one attached hydrogen (secondary N) is 2. The Bertz CT molecular complexity index is 1300. The molecule has 33 heavy (non-hydrogen) atoms. The summed E-state index contributed by atoms with van der Waals surface area (Å²) in [5.41, 5.74) is 2.42. The molecule has 8 heteroatoms. The summed E-state index contributed by atoms with van der Waals surface area (Å²) in [6.45, 7) is 2.39. The summed E-state index contributed by atoms with van der Waals surface area (Å²) in [5, 5.41) is 0. The molecule has 3 aromatic rings. The normalized spacial score (nSPS) is 16.2. The van der Waals surface area contributed by atoms with E-state index in [4.69, 9.17) is 0 Å². The second-order valence-electron chi connectivity index (χ2n) is 8.32. The van der Waals surface area contributed by atoms with Crippen LogP contribution in [-0.2, 0) is 22.4 Å². The van der Waals surface area contributed by atoms with Crippen molar-refractivity contribution in [3.05, 3.63) is 92.3 Å². The van der Waals surface area contributed by atoms with E-state index in [1.54, 1.807) is 23.8 Å². The SMILES string of the molecule is Cc1[nH]c(=O)[nH]c(=O)c1CC(=O)N1CCN(C)C(=O)[C@@H]1Cc1cccc(-c2ccccc2)c1. The van der Waals surface area contributed by atoms with Crippen LogP contribution in [0.2, 0.25) is 0 Å². The van der Waals surface area contributed by atoms with Crippen LogP contribution in [-0.4, -0.2) is 57.8 Å². The topological polar surface area (TPSA) is 106 Å². The number of aryl methyl sites for hydroxylation is 1. The van der Waals surface area contributed by atoms with Gasteiger partial charge >= 0.3 is 5.69 Å². The molecule has 0 aliphatic carbocycles. The molecule has 0 unspecified atom stereocenters. The maximum Gasteiger partial charge on any atom is 0.325 e. The minimum atomic E-state index is -0.663. The van der Waals surface area contributed by atoms with Crippen LogP contribution in [0.4, 0.5) is 0 Å². The number of carbonyl (C=O) groups is 2. The molecule has 1 aliphatic heterocycles. The van der Waals surface area contributed by atoms with Crippen LogP contribution in [0.1, 0.15) is 16.8 Å². The van der Waals surface area contributed by atoms with E-state index in [0.717, 1.165) is 16.7 Å². The fourth-order valence-corrected chi connectivity index (χ4v) is 4.23. The predicted molar refractivity (Wildman–Crippen MR) is 125 cm³/mol. The number of H-pyrrole nitrogens is 2. The number of hydrogen-bond acceptors (Lipinski definition) is 4. The molecule has 2 heterocycles. The van der Waals surface area contributed by atoms with Crippen LogP contribution in [0.5, 0.6) is 0 Å². The molecular weight excluding hydrogens is 420 g/mol. The van der Waals surface area contributed by atoms with Crippen molar-refractivity contribution in [2.75, 3.05) is 20.1 Å². The minimum absolute atomic E-state index is 0.133. The molecule has 0 bridgehead atoms. The maximum absolute atomic E-state index is 13.2. The van der Waals surface area contributed by atoms with Crippen molar-refractivity contribution in [2.45, 2.75) is 25.8 Å². The van der Waals surface area contributed by atoms with Crippen molar-refractivity contribution >= 4 is 11.8 Å². The summed E-state index contributed by atoms with van der Waals surface area (Å²) in [6, 6.07) is 17.3. The lowest BCUT2D eigenvalue weighted by Crippen LogP contribution is -2.58. The Balaban J connectivity index is 1.60. The quantitative estimate of drug-likeness (QED) is 0.619. The van der Waals surface area contributed by atoms with E-state index in [9.17, 15) is 19.2 Å². The van der Waals surface area contributed by atoms with Gasteiger partial charge in [-0.3, -0.25) is 19.4 Å². The van der Waals surface area contributed by atoms with E-state index >= 15 is 0 Å². The molecule has 2 N–H and O–H groups in total. The minimum Gasteiger partial charge on any atom is -0.342 e. The Labute approximate surface area is 190 Å². The maximum atomic E-state index is 13.2. The highest BCUT2D eigenvalue weighted by molar-refractivity contribution is 5.90. The number of carbonyl (C=O) groups excluding carboxylic acids is 2. The highest BCUT2D eigenvalue weighted by Crippen LogP contribution is 2.23. The van der Waals surface area contributed by atoms with Crippen molar-refractivity contribution in [1.29, 1.82) is 0 Å². The molecule has 1 saturated heterocycles. The largest absolute Gasteiger partial charge is 0.342 e. The smallest absolute Gasteiger partial charge is 0.325 e. The molecule has 2 amide bonds. The van der Waals surface area contributed by atoms with Gasteiger partial charge in [-0.1, -0.05) is 54.6 Å². The van der Waals surface area contributed by atoms with Crippen LogP contribution in [0, 0.1) is 6.92 Å². The zero-order chi connectivity index (χ0) is 23.5. The molecule has 1 fully saturated rings. The fraction of sp³-hybridized carbons (Fsp3) is 0.280. The highest BCUT2D eigenvalue weighted by Gasteiger charge is 2.36. The third-order valence-corrected chi connectivity index (χ3v) is 6.08. The molecule has 0 radical (unpaired) electrons. The van der Waals surface area contributed by atoms with E-state index in [2.05, 4.69) is 9.97 Å². The lowest BCUT2D eigenvalue weighted by Gasteiger charge is -2.39. The Morgan fingerprint density at radius 3 is 2.42 bits per heavy atom. The summed E-state index contributed by atoms with van der Waals surface area (Å²) in [6.07, 6.45) is 0.187. The van der Waals surface area contributed by atoms with E-state index in [0.29, 0.717) is 25.2 Å². The van der Waals surface area contributed by atoms with Gasteiger partial charge in [0.25, 0.3) is 5.56 Å². The van der Waals surface area contributed by atoms with Gasteiger partial charge in [0.2, 0.25) is 11.8 Å². The molecule has 1 aliphatic rings. The molecule has 8 nitrogen and oxygen atoms in total. The van der Waals surface area contributed by atoms with Crippen LogP contribution < -0.4 is 11.2 Å². The summed E-state index contributed by atoms with van der Waals surface area (Å²) in [5.74, 6) is -0.451. The molecule has 1 atom stereocenters. The number of benzene rings is 2. The summed E-state index contributed by atoms with van der Waals surface area (Å²) in [7, 11) is 1.73. The number of likely N-dealkylation sites (N-methyl/N-ethyl adjacent to an activating group) is 1. The second kappa shape index (κ2) is 9.28. The van der Waals surface area contributed by atoms with Gasteiger partial charge in [-0.25, -0.2) is 4.79 Å². The highest BCUT2D eigenvalue weighted by atomic mass is 16.2. The van der Waals surface area contributed by atoms with Gasteiger partial charge in [0.15, 0.2) is 0 Å². The van der Waals surface area contributed by atoms with Crippen molar-refractivity contribution < 1.29 is 9.59 Å². The van der Waals surface area contributed by atoms with Crippen LogP contribution >= 0.6 is 0 Å². The van der Waals surface area contributed by atoms with Crippen molar-refractivity contribution in [3.8, 4) is 11.1 Å². The molecule has 2 aromatic carbocycles. The second-order valence-corrected chi connectivity index (χ2v) is 8.32. The van der Waals surface area contributed by atoms with Crippen molar-refractivity contribution in [1.82, 2.24) is 19.8 Å². The average molecular weight is 447 g/mol. The third kappa shape index (κ3) is 4.79. The van der Waals surface area contributed by atoms with Gasteiger partial charge in [-0.15, -0.1) is 0 Å². The van der Waals surface area contributed by atoms with Crippen molar-refractivity contribution in [2.24, 2.45) is 0 Å². The first-order valence-corrected chi connectivity index (χ1v) is 10.8. The number of amides is 2. The molecule has 170 valence electrons. The number of nitrogens with zero attached hydrogens (tertiary/aromatic N) is 2. The predicted octanol–water partition coefficient (Wildman–Crippen LogP) is 1.49. The molecular formula is C25H26N4O4. The van der Waals surface area contributed by atoms with Crippen LogP contribution in [0.15, 0.2) is 64.2 Å². The van der Waals surface area contributed by atoms with Gasteiger partial charge in [0, 0.05) is 37.8 Å². The summed E-state index contributed by atoms with van der Waals surface area (Å²) >= 11 is 0. The lowest BCUT2D eigenvalue weighted by atomic mass is 9.97. The number of piperazine rings is 1. The number of aromatic nitrogens is 2. The first-order valence-electron chi connectivity index (χ1n) is 10.8. The number of aromatic amines is 2. The zero-order valence-electron chi connectivity index (χ0n) is 18.6. The lowest BCUT2D eigenvalue weighted by molar-refractivity contribution is -0.149. The number of hydrogen-bond donors (Lipinski definition) is 2. The van der Waals surface area contributed by atoms with E-state index < -0.39 is 17.3 Å². The van der Waals surface area contributed by atoms with Gasteiger partial charge in [-0.2, -0.15) is 0 Å². The van der Waals surface area contributed by atoms with Gasteiger partial charge in [0.05, 0.1) is 6.42 Å². The van der Waals surface area contributed by atoms with Crippen molar-refractivity contribution in [3.63, 3.8) is 0 Å². The summed E-state index contributed by atoms with van der Waals surface area (Å²) < 4.78 is 0. The van der Waals surface area contributed by atoms with Gasteiger partial charge < -0.3 is 14.8 Å². The van der Waals surface area contributed by atoms with E-state index in [1.807, 2.05) is 54.6 Å². The zero-order valence-corrected chi connectivity index (χ0v) is 18.6. The van der Waals surface area contributed by atoms with E-state index in [1.165, 1.54) is 0 Å². The molecule has 0 spiro atoms. The Morgan fingerprint density at radius 1 is 0.970 bits per heavy atom. The third-order valence-electron chi connectivity index (χ3n) is 6.08. The van der Waals surface area contributed by atoms with Crippen LogP contribution in [0.3, 0.4) is 0 Å². The Kier molecular flexibility index (Phi) is 6.26. The molecule has 1 aromatic heterocycles. The van der Waals surface area contributed by atoms with E-state index in [-0.39, 0.29) is 23.8 Å². The Morgan fingerprint density at radius 2 is 1.70 bits per heavy atom. The standard InChI is InChI=1S/C25H26N4O4/c1-16-20(23(31)27-25(33)26-16)15-22(30)29-12-11-28(2)24(32)21(29)14-17-7-6-10-19(13-17)18-8-4-3-5-9-18/h3-10,13,21H,11-12,14-15H2,1-2H3,(H2,26,27,31,33)/t21-/m0/s1. The van der Waals surface area contributed by atoms with Gasteiger partial charge in [-0.05, 0) is 23.6 Å². The fourth-order valence-electron chi connectivity index (χ4n) is 4.23. The van der Waals surface area contributed by atoms with Gasteiger partial charge in [0.1, 0.15) is 6.04 Å². The van der Waals surface area contributed by atoms with Crippen LogP contribution in [0.25, 0.3) is 11.1 Å². The monoisotopic (exact) mass is 446 g/mol.